The van der Waals surface area contributed by atoms with Crippen molar-refractivity contribution in [3.63, 3.8) is 0 Å². The van der Waals surface area contributed by atoms with Crippen molar-refractivity contribution in [1.82, 2.24) is 4.90 Å². The van der Waals surface area contributed by atoms with Crippen molar-refractivity contribution in [3.8, 4) is 5.75 Å². The van der Waals surface area contributed by atoms with E-state index in [4.69, 9.17) is 4.74 Å². The van der Waals surface area contributed by atoms with Gasteiger partial charge in [0, 0.05) is 29.6 Å². The molecule has 1 saturated heterocycles. The van der Waals surface area contributed by atoms with Gasteiger partial charge in [0.1, 0.15) is 5.75 Å². The molecule has 0 saturated carbocycles. The second kappa shape index (κ2) is 8.78. The van der Waals surface area contributed by atoms with Crippen molar-refractivity contribution >= 4 is 29.1 Å². The van der Waals surface area contributed by atoms with Gasteiger partial charge in [-0.1, -0.05) is 12.1 Å². The van der Waals surface area contributed by atoms with Crippen LogP contribution >= 0.6 is 0 Å². The van der Waals surface area contributed by atoms with Crippen molar-refractivity contribution in [2.75, 3.05) is 36.5 Å². The molecule has 166 valence electrons. The molecule has 2 aromatic carbocycles. The maximum absolute atomic E-state index is 12.7. The number of carbonyl (C=O) groups is 3. The van der Waals surface area contributed by atoms with Gasteiger partial charge in [-0.3, -0.25) is 14.5 Å². The topological polar surface area (TPSA) is 94.3 Å². The largest absolute Gasteiger partial charge is 0.502 e. The number of rotatable bonds is 6. The summed E-state index contributed by atoms with van der Waals surface area (Å²) >= 11 is 0. The van der Waals surface area contributed by atoms with Crippen LogP contribution in [0.5, 0.6) is 5.75 Å². The number of carbonyl (C=O) groups excluding carboxylic acids is 3. The fourth-order valence-electron chi connectivity index (χ4n) is 3.83. The Kier molecular flexibility index (Phi) is 5.89. The van der Waals surface area contributed by atoms with Crippen LogP contribution in [0.3, 0.4) is 0 Å². The molecule has 1 N–H and O–H groups in total. The van der Waals surface area contributed by atoms with E-state index in [0.717, 1.165) is 27.3 Å². The van der Waals surface area contributed by atoms with Crippen LogP contribution in [0.2, 0.25) is 0 Å². The van der Waals surface area contributed by atoms with Gasteiger partial charge >= 0.3 is 11.8 Å². The molecule has 0 aromatic heterocycles. The van der Waals surface area contributed by atoms with Crippen LogP contribution in [0.4, 0.5) is 11.4 Å². The third kappa shape index (κ3) is 4.18. The Balaban J connectivity index is 1.54. The van der Waals surface area contributed by atoms with Crippen LogP contribution in [0.25, 0.3) is 0 Å². The number of amides is 3. The molecule has 2 heterocycles. The van der Waals surface area contributed by atoms with Crippen molar-refractivity contribution in [1.29, 1.82) is 0 Å². The number of ether oxygens (including phenoxy) is 1. The molecule has 4 rings (SSSR count). The zero-order valence-corrected chi connectivity index (χ0v) is 18.4. The summed E-state index contributed by atoms with van der Waals surface area (Å²) in [6, 6.07) is 13.2. The van der Waals surface area contributed by atoms with Gasteiger partial charge in [0.05, 0.1) is 6.61 Å². The summed E-state index contributed by atoms with van der Waals surface area (Å²) < 4.78 is 6.45. The van der Waals surface area contributed by atoms with E-state index in [9.17, 15) is 14.4 Å². The van der Waals surface area contributed by atoms with E-state index in [-0.39, 0.29) is 6.54 Å². The molecule has 2 aliphatic rings. The highest BCUT2D eigenvalue weighted by Gasteiger charge is 2.49. The highest BCUT2D eigenvalue weighted by atomic mass is 16.5. The van der Waals surface area contributed by atoms with Crippen LogP contribution in [0.15, 0.2) is 47.6 Å². The van der Waals surface area contributed by atoms with E-state index >= 15 is 0 Å². The van der Waals surface area contributed by atoms with Crippen LogP contribution in [-0.2, 0) is 14.4 Å². The van der Waals surface area contributed by atoms with Gasteiger partial charge in [0.2, 0.25) is 0 Å². The summed E-state index contributed by atoms with van der Waals surface area (Å²) in [6.07, 6.45) is -0.674. The first-order valence-corrected chi connectivity index (χ1v) is 10.6. The molecule has 0 bridgehead atoms. The Morgan fingerprint density at radius 1 is 1.12 bits per heavy atom. The molecule has 0 aliphatic carbocycles. The number of anilines is 2. The first kappa shape index (κ1) is 21.5. The molecule has 1 atom stereocenters. The number of azo groups is 2. The maximum Gasteiger partial charge on any atom is 0.502 e. The molecule has 32 heavy (non-hydrogen) atoms. The Bertz CT molecular complexity index is 1100. The van der Waals surface area contributed by atoms with Gasteiger partial charge in [-0.05, 0) is 66.9 Å². The minimum absolute atomic E-state index is 0.334. The number of nitrogens with zero attached hydrogens (tertiary/aromatic N) is 4. The van der Waals surface area contributed by atoms with Crippen LogP contribution in [-0.4, -0.2) is 59.8 Å². The zero-order chi connectivity index (χ0) is 22.8. The fraction of sp³-hybridized carbons (Fsp3) is 0.348. The number of benzene rings is 2. The highest BCUT2D eigenvalue weighted by Crippen LogP contribution is 2.28. The third-order valence-electron chi connectivity index (χ3n) is 5.50. The lowest BCUT2D eigenvalue weighted by atomic mass is 10.1. The molecule has 9 nitrogen and oxygen atoms in total. The summed E-state index contributed by atoms with van der Waals surface area (Å²) in [5, 5.41) is 7.25. The lowest BCUT2D eigenvalue weighted by Gasteiger charge is -2.27. The quantitative estimate of drug-likeness (QED) is 0.554. The third-order valence-corrected chi connectivity index (χ3v) is 5.50. The lowest BCUT2D eigenvalue weighted by molar-refractivity contribution is -0.509. The summed E-state index contributed by atoms with van der Waals surface area (Å²) in [5.41, 5.74) is 3.44. The monoisotopic (exact) mass is 436 g/mol. The predicted molar refractivity (Wildman–Crippen MR) is 118 cm³/mol. The first-order valence-electron chi connectivity index (χ1n) is 10.6. The summed E-state index contributed by atoms with van der Waals surface area (Å²) in [7, 11) is 0. The molecule has 0 spiro atoms. The molecule has 1 unspecified atom stereocenters. The van der Waals surface area contributed by atoms with Crippen molar-refractivity contribution < 1.29 is 23.8 Å². The minimum atomic E-state index is -0.800. The Morgan fingerprint density at radius 3 is 2.56 bits per heavy atom. The molecular weight excluding hydrogens is 410 g/mol. The Labute approximate surface area is 186 Å². The number of nitrogens with one attached hydrogen (secondary N) is 1. The van der Waals surface area contributed by atoms with E-state index < -0.39 is 24.0 Å². The second-order valence-corrected chi connectivity index (χ2v) is 7.81. The molecule has 3 amide bonds. The fourth-order valence-corrected chi connectivity index (χ4v) is 3.83. The first-order chi connectivity index (χ1) is 15.4. The number of aryl methyl sites for hydroxylation is 2. The maximum atomic E-state index is 12.7. The molecular formula is C23H26N5O4+. The van der Waals surface area contributed by atoms with Gasteiger partial charge in [-0.15, -0.1) is 0 Å². The van der Waals surface area contributed by atoms with Crippen LogP contribution in [0.1, 0.15) is 18.1 Å². The summed E-state index contributed by atoms with van der Waals surface area (Å²) in [5.74, 6) is -1.12. The van der Waals surface area contributed by atoms with E-state index in [1.165, 1.54) is 4.90 Å². The lowest BCUT2D eigenvalue weighted by Crippen LogP contribution is -2.52. The molecule has 1 fully saturated rings. The van der Waals surface area contributed by atoms with Gasteiger partial charge in [-0.25, -0.2) is 4.79 Å². The van der Waals surface area contributed by atoms with Gasteiger partial charge < -0.3 is 15.0 Å². The van der Waals surface area contributed by atoms with Gasteiger partial charge in [0.25, 0.3) is 18.7 Å². The highest BCUT2D eigenvalue weighted by molar-refractivity contribution is 6.32. The Hall–Kier alpha value is -3.75. The summed E-state index contributed by atoms with van der Waals surface area (Å²) in [4.78, 5) is 41.2. The smallest absolute Gasteiger partial charge is 0.494 e. The van der Waals surface area contributed by atoms with E-state index in [0.29, 0.717) is 25.4 Å². The van der Waals surface area contributed by atoms with E-state index in [1.807, 2.05) is 68.1 Å². The number of fused-ring (bicyclic) bond motifs is 1. The second-order valence-electron chi connectivity index (χ2n) is 7.81. The van der Waals surface area contributed by atoms with Crippen LogP contribution < -0.4 is 15.0 Å². The summed E-state index contributed by atoms with van der Waals surface area (Å²) in [6.45, 7) is 6.89. The van der Waals surface area contributed by atoms with Crippen LogP contribution in [0, 0.1) is 13.8 Å². The molecule has 2 aliphatic heterocycles. The van der Waals surface area contributed by atoms with E-state index in [1.54, 1.807) is 0 Å². The standard InChI is InChI=1S/C23H25N5O4/c1-4-32-18-9-7-17(8-10-18)26-11-12-27-21(30)22(31)28(25-23(26)27)14-20(29)24-19-13-15(2)5-6-16(19)3/h5-10,13,23H,4,11-12,14H2,1-3H3/p+1. The molecule has 9 heteroatoms. The van der Waals surface area contributed by atoms with Crippen molar-refractivity contribution in [2.24, 2.45) is 5.11 Å². The Morgan fingerprint density at radius 2 is 1.84 bits per heavy atom. The number of hydrogen-bond donors (Lipinski definition) is 1. The molecule has 0 radical (unpaired) electrons. The SMILES string of the molecule is CCOc1ccc(N2CCN3C(=O)C(=O)[N+](CC(=O)Nc4cc(C)ccc4C)=NC32)cc1. The minimum Gasteiger partial charge on any atom is -0.494 e. The molecule has 2 aromatic rings. The number of hydrogen-bond acceptors (Lipinski definition) is 6. The average molecular weight is 436 g/mol. The van der Waals surface area contributed by atoms with E-state index in [2.05, 4.69) is 10.4 Å². The van der Waals surface area contributed by atoms with Crippen molar-refractivity contribution in [2.45, 2.75) is 27.1 Å². The zero-order valence-electron chi connectivity index (χ0n) is 18.4. The average Bonchev–Trinajstić information content (AvgIpc) is 3.19. The van der Waals surface area contributed by atoms with Crippen molar-refractivity contribution in [3.05, 3.63) is 53.6 Å². The normalized spacial score (nSPS) is 17.8. The van der Waals surface area contributed by atoms with Gasteiger partial charge in [-0.2, -0.15) is 0 Å². The van der Waals surface area contributed by atoms with Gasteiger partial charge in [0.15, 0.2) is 0 Å². The predicted octanol–water partition coefficient (Wildman–Crippen LogP) is 2.28.